The van der Waals surface area contributed by atoms with Gasteiger partial charge in [0.05, 0.1) is 6.42 Å². The van der Waals surface area contributed by atoms with E-state index in [2.05, 4.69) is 9.46 Å². The Labute approximate surface area is 147 Å². The van der Waals surface area contributed by atoms with E-state index in [-0.39, 0.29) is 12.8 Å². The van der Waals surface area contributed by atoms with E-state index in [4.69, 9.17) is 5.73 Å². The minimum absolute atomic E-state index is 0.104. The molecule has 1 heterocycles. The Kier molecular flexibility index (Phi) is 5.61. The topological polar surface area (TPSA) is 139 Å². The van der Waals surface area contributed by atoms with Crippen LogP contribution in [-0.2, 0) is 25.5 Å². The molecule has 26 heavy (non-hydrogen) atoms. The van der Waals surface area contributed by atoms with Crippen molar-refractivity contribution in [3.63, 3.8) is 0 Å². The molecule has 1 unspecified atom stereocenters. The molecule has 0 saturated carbocycles. The van der Waals surface area contributed by atoms with Crippen LogP contribution in [0.1, 0.15) is 22.8 Å². The van der Waals surface area contributed by atoms with Crippen molar-refractivity contribution in [2.75, 3.05) is 0 Å². The van der Waals surface area contributed by atoms with Gasteiger partial charge in [0.25, 0.3) is 0 Å². The van der Waals surface area contributed by atoms with Crippen molar-refractivity contribution in [3.05, 3.63) is 35.4 Å². The van der Waals surface area contributed by atoms with Crippen LogP contribution in [0.15, 0.2) is 24.3 Å². The number of alkyl halides is 3. The Bertz CT molecular complexity index is 722. The summed E-state index contributed by atoms with van der Waals surface area (Å²) in [5.41, 5.74) is 6.33. The zero-order chi connectivity index (χ0) is 19.7. The summed E-state index contributed by atoms with van der Waals surface area (Å²) in [6.07, 6.45) is -5.61. The van der Waals surface area contributed by atoms with Gasteiger partial charge in [-0.15, -0.1) is 10.8 Å². The Balaban J connectivity index is 2.00. The van der Waals surface area contributed by atoms with E-state index < -0.39 is 46.1 Å². The molecule has 0 bridgehead atoms. The van der Waals surface area contributed by atoms with Gasteiger partial charge in [-0.05, 0) is 17.5 Å². The van der Waals surface area contributed by atoms with Gasteiger partial charge in [-0.3, -0.25) is 18.6 Å². The lowest BCUT2D eigenvalue weighted by Gasteiger charge is -2.32. The zero-order valence-corrected chi connectivity index (χ0v) is 13.8. The molecule has 0 spiro atoms. The molecule has 0 aliphatic carbocycles. The van der Waals surface area contributed by atoms with Crippen LogP contribution in [0.2, 0.25) is 0 Å². The first kappa shape index (κ1) is 20.2. The smallest absolute Gasteiger partial charge is 0.385 e. The maximum Gasteiger partial charge on any atom is 0.491 e. The molecule has 0 radical (unpaired) electrons. The molecule has 8 nitrogen and oxygen atoms in total. The number of nitrogens with one attached hydrogen (secondary N) is 1. The number of hydrogen-bond acceptors (Lipinski definition) is 7. The summed E-state index contributed by atoms with van der Waals surface area (Å²) < 4.78 is 61.5. The third-order valence-corrected chi connectivity index (χ3v) is 5.33. The van der Waals surface area contributed by atoms with Gasteiger partial charge in [0.1, 0.15) is 11.3 Å². The fourth-order valence-electron chi connectivity index (χ4n) is 2.30. The predicted octanol–water partition coefficient (Wildman–Crippen LogP) is 1.42. The predicted molar refractivity (Wildman–Crippen MR) is 83.6 cm³/mol. The van der Waals surface area contributed by atoms with E-state index in [9.17, 15) is 36.7 Å². The third-order valence-electron chi connectivity index (χ3n) is 3.57. The lowest BCUT2D eigenvalue weighted by atomic mass is 10.0. The number of ether oxygens (including phenoxy) is 1. The van der Waals surface area contributed by atoms with Gasteiger partial charge in [0.15, 0.2) is 0 Å². The van der Waals surface area contributed by atoms with Gasteiger partial charge >= 0.3 is 18.1 Å². The summed E-state index contributed by atoms with van der Waals surface area (Å²) in [5.74, 6) is -4.66. The summed E-state index contributed by atoms with van der Waals surface area (Å²) >= 11 is 0. The first-order chi connectivity index (χ1) is 11.9. The lowest BCUT2D eigenvalue weighted by Crippen LogP contribution is -2.38. The van der Waals surface area contributed by atoms with Gasteiger partial charge < -0.3 is 10.5 Å². The highest BCUT2D eigenvalue weighted by Gasteiger charge is 2.43. The van der Waals surface area contributed by atoms with Gasteiger partial charge in [0, 0.05) is 0 Å². The Hall–Kier alpha value is -2.15. The fourth-order valence-corrected chi connectivity index (χ4v) is 3.78. The van der Waals surface area contributed by atoms with Crippen molar-refractivity contribution < 1.29 is 41.4 Å². The average Bonchev–Trinajstić information content (AvgIpc) is 2.79. The molecule has 0 aromatic heterocycles. The van der Waals surface area contributed by atoms with Crippen molar-refractivity contribution in [1.82, 2.24) is 4.72 Å². The summed E-state index contributed by atoms with van der Waals surface area (Å²) in [6.45, 7) is 0. The number of hydrogen-bond donors (Lipinski definition) is 4. The van der Waals surface area contributed by atoms with E-state index in [1.54, 1.807) is 0 Å². The van der Waals surface area contributed by atoms with E-state index >= 15 is 0 Å². The molecule has 12 heteroatoms. The van der Waals surface area contributed by atoms with Crippen LogP contribution < -0.4 is 10.5 Å². The van der Waals surface area contributed by atoms with Gasteiger partial charge in [0.2, 0.25) is 5.91 Å². The molecule has 1 saturated heterocycles. The first-order valence-electron chi connectivity index (χ1n) is 7.15. The van der Waals surface area contributed by atoms with Crippen LogP contribution in [0, 0.1) is 0 Å². The van der Waals surface area contributed by atoms with E-state index in [0.29, 0.717) is 11.1 Å². The molecule has 1 aromatic rings. The summed E-state index contributed by atoms with van der Waals surface area (Å²) in [6, 6.07) is 4.39. The molecule has 1 amide bonds. The maximum atomic E-state index is 12.0. The molecular formula is C14H15F3N2O6S. The first-order valence-corrected chi connectivity index (χ1v) is 8.76. The van der Waals surface area contributed by atoms with Crippen molar-refractivity contribution in [2.24, 2.45) is 5.73 Å². The Morgan fingerprint density at radius 2 is 1.88 bits per heavy atom. The summed E-state index contributed by atoms with van der Waals surface area (Å²) in [4.78, 5) is 33.3. The maximum absolute atomic E-state index is 12.0. The quantitative estimate of drug-likeness (QED) is 0.446. The standard InChI is InChI=1S/C14H15F3N2O6S/c15-14(16,17)13(22)25-12(21)9(18)5-7-1-3-8(4-2-7)10-6-11(20)19-26(10,23)24/h1-4,9-10,23-24H,5-6,18H2,(H,19,20)/t9-,10?/m0/s1. The number of halogens is 3. The molecule has 1 fully saturated rings. The molecule has 144 valence electrons. The van der Waals surface area contributed by atoms with Crippen LogP contribution in [0.4, 0.5) is 13.2 Å². The number of esters is 2. The Morgan fingerprint density at radius 3 is 2.35 bits per heavy atom. The third kappa shape index (κ3) is 4.72. The Morgan fingerprint density at radius 1 is 1.31 bits per heavy atom. The van der Waals surface area contributed by atoms with Crippen LogP contribution >= 0.6 is 10.8 Å². The number of amides is 1. The minimum atomic E-state index is -5.30. The van der Waals surface area contributed by atoms with Crippen LogP contribution in [-0.4, -0.2) is 39.2 Å². The van der Waals surface area contributed by atoms with Gasteiger partial charge in [-0.2, -0.15) is 13.2 Å². The number of nitrogens with two attached hydrogens (primary N) is 1. The molecule has 2 rings (SSSR count). The summed E-state index contributed by atoms with van der Waals surface area (Å²) in [7, 11) is -3.31. The highest BCUT2D eigenvalue weighted by atomic mass is 32.3. The monoisotopic (exact) mass is 396 g/mol. The van der Waals surface area contributed by atoms with Crippen molar-refractivity contribution in [3.8, 4) is 0 Å². The molecule has 1 aliphatic heterocycles. The normalized spacial score (nSPS) is 21.6. The van der Waals surface area contributed by atoms with E-state index in [1.807, 2.05) is 0 Å². The fraction of sp³-hybridized carbons (Fsp3) is 0.357. The highest BCUT2D eigenvalue weighted by Crippen LogP contribution is 2.56. The van der Waals surface area contributed by atoms with Crippen LogP contribution in [0.25, 0.3) is 0 Å². The second-order valence-corrected chi connectivity index (χ2v) is 7.53. The van der Waals surface area contributed by atoms with Crippen molar-refractivity contribution >= 4 is 28.6 Å². The molecule has 1 aromatic carbocycles. The van der Waals surface area contributed by atoms with Crippen molar-refractivity contribution in [1.29, 1.82) is 0 Å². The number of benzene rings is 1. The van der Waals surface area contributed by atoms with Gasteiger partial charge in [-0.25, -0.2) is 9.59 Å². The van der Waals surface area contributed by atoms with Crippen molar-refractivity contribution in [2.45, 2.75) is 30.3 Å². The highest BCUT2D eigenvalue weighted by molar-refractivity contribution is 8.23. The molecule has 2 atom stereocenters. The average molecular weight is 396 g/mol. The van der Waals surface area contributed by atoms with Crippen LogP contribution in [0.5, 0.6) is 0 Å². The minimum Gasteiger partial charge on any atom is -0.385 e. The van der Waals surface area contributed by atoms with Gasteiger partial charge in [-0.1, -0.05) is 24.3 Å². The largest absolute Gasteiger partial charge is 0.491 e. The summed E-state index contributed by atoms with van der Waals surface area (Å²) in [5, 5.41) is -0.827. The molecule has 1 aliphatic rings. The van der Waals surface area contributed by atoms with Crippen LogP contribution in [0.3, 0.4) is 0 Å². The second-order valence-electron chi connectivity index (χ2n) is 5.57. The SMILES string of the molecule is N[C@@H](Cc1ccc(C2CC(=O)NS2(O)O)cc1)C(=O)OC(=O)C(F)(F)F. The van der Waals surface area contributed by atoms with E-state index in [0.717, 1.165) is 0 Å². The number of rotatable bonds is 4. The number of carbonyl (C=O) groups is 3. The second kappa shape index (κ2) is 7.23. The molecular weight excluding hydrogens is 381 g/mol. The van der Waals surface area contributed by atoms with E-state index in [1.165, 1.54) is 24.3 Å². The molecule has 5 N–H and O–H groups in total. The lowest BCUT2D eigenvalue weighted by molar-refractivity contribution is -0.202. The number of carbonyl (C=O) groups excluding carboxylic acids is 3. The zero-order valence-electron chi connectivity index (χ0n) is 13.0.